The van der Waals surface area contributed by atoms with E-state index in [1.54, 1.807) is 7.11 Å². The Morgan fingerprint density at radius 2 is 2.05 bits per heavy atom. The lowest BCUT2D eigenvalue weighted by atomic mass is 10.1. The molecule has 0 aromatic heterocycles. The fourth-order valence-corrected chi connectivity index (χ4v) is 2.30. The largest absolute Gasteiger partial charge is 0.479 e. The van der Waals surface area contributed by atoms with Gasteiger partial charge < -0.3 is 19.9 Å². The highest BCUT2D eigenvalue weighted by molar-refractivity contribution is 5.95. The van der Waals surface area contributed by atoms with Gasteiger partial charge in [0.2, 0.25) is 0 Å². The molecule has 2 N–H and O–H groups in total. The van der Waals surface area contributed by atoms with Crippen LogP contribution in [0.4, 0.5) is 5.69 Å². The molecule has 0 spiro atoms. The maximum atomic E-state index is 12.1. The van der Waals surface area contributed by atoms with Crippen molar-refractivity contribution >= 4 is 17.6 Å². The molecule has 0 saturated carbocycles. The Morgan fingerprint density at radius 1 is 1.33 bits per heavy atom. The molecule has 1 aromatic carbocycles. The highest BCUT2D eigenvalue weighted by atomic mass is 16.5. The van der Waals surface area contributed by atoms with Crippen molar-refractivity contribution in [3.63, 3.8) is 0 Å². The molecule has 1 aliphatic rings. The number of carboxylic acids is 1. The monoisotopic (exact) mass is 293 g/mol. The first-order valence-corrected chi connectivity index (χ1v) is 6.87. The molecular weight excluding hydrogens is 274 g/mol. The van der Waals surface area contributed by atoms with Crippen molar-refractivity contribution in [2.75, 3.05) is 19.0 Å². The third-order valence-electron chi connectivity index (χ3n) is 3.44. The summed E-state index contributed by atoms with van der Waals surface area (Å²) in [4.78, 5) is 23.0. The SMILES string of the molecule is COCCc1ccccc1NC(=O)[C@@H]1CC[C@H](C(=O)O)O1. The number of rotatable bonds is 6. The van der Waals surface area contributed by atoms with Crippen molar-refractivity contribution in [2.24, 2.45) is 0 Å². The fourth-order valence-electron chi connectivity index (χ4n) is 2.30. The smallest absolute Gasteiger partial charge is 0.332 e. The third-order valence-corrected chi connectivity index (χ3v) is 3.44. The number of carbonyl (C=O) groups excluding carboxylic acids is 1. The first-order chi connectivity index (χ1) is 10.1. The summed E-state index contributed by atoms with van der Waals surface area (Å²) in [6, 6.07) is 7.46. The maximum absolute atomic E-state index is 12.1. The zero-order valence-corrected chi connectivity index (χ0v) is 11.9. The zero-order valence-electron chi connectivity index (χ0n) is 11.9. The van der Waals surface area contributed by atoms with E-state index in [4.69, 9.17) is 14.6 Å². The van der Waals surface area contributed by atoms with Crippen LogP contribution in [0.3, 0.4) is 0 Å². The van der Waals surface area contributed by atoms with Gasteiger partial charge in [-0.15, -0.1) is 0 Å². The van der Waals surface area contributed by atoms with E-state index >= 15 is 0 Å². The topological polar surface area (TPSA) is 84.9 Å². The molecule has 6 nitrogen and oxygen atoms in total. The number of carbonyl (C=O) groups is 2. The fraction of sp³-hybridized carbons (Fsp3) is 0.467. The van der Waals surface area contributed by atoms with Gasteiger partial charge in [-0.1, -0.05) is 18.2 Å². The Bertz CT molecular complexity index is 517. The number of methoxy groups -OCH3 is 1. The quantitative estimate of drug-likeness (QED) is 0.829. The van der Waals surface area contributed by atoms with E-state index in [1.807, 2.05) is 24.3 Å². The first-order valence-electron chi connectivity index (χ1n) is 6.87. The molecule has 2 atom stereocenters. The second-order valence-electron chi connectivity index (χ2n) is 4.92. The maximum Gasteiger partial charge on any atom is 0.332 e. The van der Waals surface area contributed by atoms with Crippen LogP contribution in [-0.4, -0.2) is 42.9 Å². The summed E-state index contributed by atoms with van der Waals surface area (Å²) in [7, 11) is 1.62. The molecule has 1 aliphatic heterocycles. The molecule has 0 bridgehead atoms. The van der Waals surface area contributed by atoms with Crippen LogP contribution in [-0.2, 0) is 25.5 Å². The van der Waals surface area contributed by atoms with E-state index in [2.05, 4.69) is 5.32 Å². The van der Waals surface area contributed by atoms with E-state index in [0.29, 0.717) is 31.6 Å². The van der Waals surface area contributed by atoms with E-state index in [0.717, 1.165) is 5.56 Å². The number of amides is 1. The minimum Gasteiger partial charge on any atom is -0.479 e. The number of aliphatic carboxylic acids is 1. The van der Waals surface area contributed by atoms with Crippen LogP contribution in [0, 0.1) is 0 Å². The molecule has 0 aliphatic carbocycles. The van der Waals surface area contributed by atoms with Gasteiger partial charge in [-0.05, 0) is 30.9 Å². The molecule has 114 valence electrons. The van der Waals surface area contributed by atoms with Gasteiger partial charge in [-0.25, -0.2) is 4.79 Å². The zero-order chi connectivity index (χ0) is 15.2. The highest BCUT2D eigenvalue weighted by Crippen LogP contribution is 2.22. The second kappa shape index (κ2) is 7.19. The van der Waals surface area contributed by atoms with Gasteiger partial charge in [-0.2, -0.15) is 0 Å². The lowest BCUT2D eigenvalue weighted by Crippen LogP contribution is -2.30. The number of carboxylic acid groups (broad SMARTS) is 1. The highest BCUT2D eigenvalue weighted by Gasteiger charge is 2.34. The van der Waals surface area contributed by atoms with Crippen molar-refractivity contribution < 1.29 is 24.2 Å². The minimum absolute atomic E-state index is 0.302. The van der Waals surface area contributed by atoms with Crippen LogP contribution < -0.4 is 5.32 Å². The Morgan fingerprint density at radius 3 is 2.71 bits per heavy atom. The number of para-hydroxylation sites is 1. The van der Waals surface area contributed by atoms with Crippen LogP contribution >= 0.6 is 0 Å². The van der Waals surface area contributed by atoms with Crippen LogP contribution in [0.2, 0.25) is 0 Å². The van der Waals surface area contributed by atoms with Crippen LogP contribution in [0.5, 0.6) is 0 Å². The molecule has 1 heterocycles. The van der Waals surface area contributed by atoms with Crippen LogP contribution in [0.15, 0.2) is 24.3 Å². The van der Waals surface area contributed by atoms with Gasteiger partial charge in [-0.3, -0.25) is 4.79 Å². The van der Waals surface area contributed by atoms with Crippen molar-refractivity contribution in [2.45, 2.75) is 31.5 Å². The van der Waals surface area contributed by atoms with E-state index in [1.165, 1.54) is 0 Å². The number of ether oxygens (including phenoxy) is 2. The molecule has 1 saturated heterocycles. The van der Waals surface area contributed by atoms with Crippen molar-refractivity contribution in [3.05, 3.63) is 29.8 Å². The molecular formula is C15H19NO5. The Hall–Kier alpha value is -1.92. The summed E-state index contributed by atoms with van der Waals surface area (Å²) in [6.07, 6.45) is -0.121. The molecule has 1 fully saturated rings. The van der Waals surface area contributed by atoms with E-state index in [-0.39, 0.29) is 5.91 Å². The summed E-state index contributed by atoms with van der Waals surface area (Å²) in [5, 5.41) is 11.7. The normalized spacial score (nSPS) is 21.2. The van der Waals surface area contributed by atoms with Gasteiger partial charge in [0.05, 0.1) is 6.61 Å². The molecule has 21 heavy (non-hydrogen) atoms. The predicted octanol–water partition coefficient (Wildman–Crippen LogP) is 1.45. The summed E-state index contributed by atoms with van der Waals surface area (Å²) >= 11 is 0. The van der Waals surface area contributed by atoms with Crippen molar-refractivity contribution in [1.82, 2.24) is 0 Å². The number of hydrogen-bond donors (Lipinski definition) is 2. The Kier molecular flexibility index (Phi) is 5.30. The number of nitrogens with one attached hydrogen (secondary N) is 1. The lowest BCUT2D eigenvalue weighted by Gasteiger charge is -2.14. The van der Waals surface area contributed by atoms with Crippen LogP contribution in [0.25, 0.3) is 0 Å². The average molecular weight is 293 g/mol. The lowest BCUT2D eigenvalue weighted by molar-refractivity contribution is -0.150. The molecule has 0 radical (unpaired) electrons. The number of hydrogen-bond acceptors (Lipinski definition) is 4. The van der Waals surface area contributed by atoms with E-state index < -0.39 is 18.2 Å². The Balaban J connectivity index is 1.98. The number of anilines is 1. The first kappa shape index (κ1) is 15.5. The van der Waals surface area contributed by atoms with Crippen LogP contribution in [0.1, 0.15) is 18.4 Å². The average Bonchev–Trinajstić information content (AvgIpc) is 2.96. The van der Waals surface area contributed by atoms with Gasteiger partial charge in [0.25, 0.3) is 5.91 Å². The van der Waals surface area contributed by atoms with Gasteiger partial charge in [0.1, 0.15) is 6.10 Å². The summed E-state index contributed by atoms with van der Waals surface area (Å²) in [5.74, 6) is -1.32. The Labute approximate surface area is 123 Å². The predicted molar refractivity (Wildman–Crippen MR) is 76.2 cm³/mol. The summed E-state index contributed by atoms with van der Waals surface area (Å²) in [6.45, 7) is 0.563. The third kappa shape index (κ3) is 4.03. The molecule has 0 unspecified atom stereocenters. The second-order valence-corrected chi connectivity index (χ2v) is 4.92. The van der Waals surface area contributed by atoms with Crippen molar-refractivity contribution in [1.29, 1.82) is 0 Å². The van der Waals surface area contributed by atoms with Gasteiger partial charge in [0.15, 0.2) is 6.10 Å². The minimum atomic E-state index is -1.02. The molecule has 6 heteroatoms. The summed E-state index contributed by atoms with van der Waals surface area (Å²) < 4.78 is 10.3. The standard InChI is InChI=1S/C15H19NO5/c1-20-9-8-10-4-2-3-5-11(10)16-14(17)12-6-7-13(21-12)15(18)19/h2-5,12-13H,6-9H2,1H3,(H,16,17)(H,18,19)/t12-,13+/m0/s1. The number of benzene rings is 1. The van der Waals surface area contributed by atoms with E-state index in [9.17, 15) is 9.59 Å². The molecule has 1 amide bonds. The molecule has 1 aromatic rings. The van der Waals surface area contributed by atoms with Gasteiger partial charge in [0, 0.05) is 12.8 Å². The van der Waals surface area contributed by atoms with Crippen molar-refractivity contribution in [3.8, 4) is 0 Å². The van der Waals surface area contributed by atoms with Gasteiger partial charge >= 0.3 is 5.97 Å². The summed E-state index contributed by atoms with van der Waals surface area (Å²) in [5.41, 5.74) is 1.68. The molecule has 2 rings (SSSR count).